The van der Waals surface area contributed by atoms with Gasteiger partial charge in [-0.3, -0.25) is 14.9 Å². The number of nitrogens with one attached hydrogen (secondary N) is 1. The monoisotopic (exact) mass is 466 g/mol. The maximum absolute atomic E-state index is 13.2. The first-order valence-electron chi connectivity index (χ1n) is 11.2. The number of pyridine rings is 1. The number of nitrogens with zero attached hydrogens (tertiary/aromatic N) is 1. The van der Waals surface area contributed by atoms with Gasteiger partial charge in [0, 0.05) is 5.39 Å². The molecule has 1 aliphatic rings. The van der Waals surface area contributed by atoms with Crippen molar-refractivity contribution in [2.24, 2.45) is 0 Å². The largest absolute Gasteiger partial charge is 0.459 e. The molecule has 0 atom stereocenters. The first-order chi connectivity index (χ1) is 17.0. The number of fused-ring (bicyclic) bond motifs is 2. The minimum absolute atomic E-state index is 0.00415. The molecule has 1 aliphatic carbocycles. The standard InChI is InChI=1S/C28H22N2O5/c1-17-8-10-18(11-9-17)15-19-12-13-21-25(20-5-2-3-6-22(20)29-26(19)21)28(33)35-16-24(31)30-27(32)23-7-4-14-34-23/h2-11,14-15H,12-13,16H2,1H3,(H,30,31,32)/b19-15+. The fourth-order valence-electron chi connectivity index (χ4n) is 4.21. The maximum Gasteiger partial charge on any atom is 0.339 e. The van der Waals surface area contributed by atoms with Crippen LogP contribution in [0.2, 0.25) is 0 Å². The van der Waals surface area contributed by atoms with E-state index in [4.69, 9.17) is 14.1 Å². The number of imide groups is 1. The third-order valence-corrected chi connectivity index (χ3v) is 5.90. The smallest absolute Gasteiger partial charge is 0.339 e. The highest BCUT2D eigenvalue weighted by atomic mass is 16.5. The van der Waals surface area contributed by atoms with E-state index in [1.54, 1.807) is 0 Å². The molecule has 7 heteroatoms. The Balaban J connectivity index is 1.42. The molecule has 5 rings (SSSR count). The average molecular weight is 466 g/mol. The lowest BCUT2D eigenvalue weighted by Crippen LogP contribution is -2.34. The van der Waals surface area contributed by atoms with Gasteiger partial charge in [-0.25, -0.2) is 9.78 Å². The topological polar surface area (TPSA) is 98.5 Å². The van der Waals surface area contributed by atoms with Crippen LogP contribution in [0.5, 0.6) is 0 Å². The highest BCUT2D eigenvalue weighted by Gasteiger charge is 2.28. The number of esters is 1. The maximum atomic E-state index is 13.2. The van der Waals surface area contributed by atoms with Crippen molar-refractivity contribution in [3.63, 3.8) is 0 Å². The van der Waals surface area contributed by atoms with Gasteiger partial charge in [0.05, 0.1) is 23.0 Å². The molecule has 2 aromatic carbocycles. The fraction of sp³-hybridized carbons (Fsp3) is 0.143. The lowest BCUT2D eigenvalue weighted by molar-refractivity contribution is -0.123. The summed E-state index contributed by atoms with van der Waals surface area (Å²) in [7, 11) is 0. The molecule has 0 bridgehead atoms. The van der Waals surface area contributed by atoms with Gasteiger partial charge in [-0.05, 0) is 60.7 Å². The number of ether oxygens (including phenoxy) is 1. The Morgan fingerprint density at radius 3 is 2.60 bits per heavy atom. The number of allylic oxidation sites excluding steroid dienone is 1. The van der Waals surface area contributed by atoms with Crippen LogP contribution in [0.1, 0.15) is 49.7 Å². The Morgan fingerprint density at radius 1 is 1.03 bits per heavy atom. The number of aromatic nitrogens is 1. The summed E-state index contributed by atoms with van der Waals surface area (Å²) < 4.78 is 10.3. The summed E-state index contributed by atoms with van der Waals surface area (Å²) >= 11 is 0. The van der Waals surface area contributed by atoms with Gasteiger partial charge in [-0.2, -0.15) is 0 Å². The van der Waals surface area contributed by atoms with Crippen LogP contribution in [0, 0.1) is 6.92 Å². The lowest BCUT2D eigenvalue weighted by Gasteiger charge is -2.12. The second kappa shape index (κ2) is 9.38. The van der Waals surface area contributed by atoms with Crippen LogP contribution < -0.4 is 5.32 Å². The van der Waals surface area contributed by atoms with E-state index in [1.807, 2.05) is 31.2 Å². The van der Waals surface area contributed by atoms with E-state index >= 15 is 0 Å². The zero-order valence-corrected chi connectivity index (χ0v) is 19.0. The van der Waals surface area contributed by atoms with Crippen LogP contribution >= 0.6 is 0 Å². The van der Waals surface area contributed by atoms with Gasteiger partial charge in [0.2, 0.25) is 0 Å². The third-order valence-electron chi connectivity index (χ3n) is 5.90. The minimum atomic E-state index is -0.741. The molecule has 0 aliphatic heterocycles. The molecule has 4 aromatic rings. The summed E-state index contributed by atoms with van der Waals surface area (Å²) in [6.07, 6.45) is 4.80. The van der Waals surface area contributed by atoms with E-state index < -0.39 is 24.4 Å². The van der Waals surface area contributed by atoms with Crippen molar-refractivity contribution in [2.45, 2.75) is 19.8 Å². The molecule has 0 spiro atoms. The van der Waals surface area contributed by atoms with Gasteiger partial charge in [-0.15, -0.1) is 0 Å². The average Bonchev–Trinajstić information content (AvgIpc) is 3.53. The van der Waals surface area contributed by atoms with Crippen molar-refractivity contribution >= 4 is 40.3 Å². The first kappa shape index (κ1) is 22.3. The zero-order chi connectivity index (χ0) is 24.4. The third kappa shape index (κ3) is 4.61. The zero-order valence-electron chi connectivity index (χ0n) is 19.0. The van der Waals surface area contributed by atoms with E-state index in [-0.39, 0.29) is 5.76 Å². The Bertz CT molecular complexity index is 1470. The highest BCUT2D eigenvalue weighted by molar-refractivity contribution is 6.08. The molecule has 0 saturated heterocycles. The number of hydrogen-bond acceptors (Lipinski definition) is 6. The normalized spacial score (nSPS) is 13.6. The molecular weight excluding hydrogens is 444 g/mol. The summed E-state index contributed by atoms with van der Waals surface area (Å²) in [5, 5.41) is 2.81. The van der Waals surface area contributed by atoms with Crippen LogP contribution in [0.25, 0.3) is 22.6 Å². The van der Waals surface area contributed by atoms with Crippen LogP contribution in [0.15, 0.2) is 71.3 Å². The molecule has 2 aromatic heterocycles. The second-order valence-electron chi connectivity index (χ2n) is 8.34. The number of carbonyl (C=O) groups is 3. The Labute approximate surface area is 201 Å². The van der Waals surface area contributed by atoms with Crippen molar-refractivity contribution in [3.8, 4) is 0 Å². The van der Waals surface area contributed by atoms with E-state index in [1.165, 1.54) is 24.0 Å². The van der Waals surface area contributed by atoms with Crippen LogP contribution in [0.4, 0.5) is 0 Å². The molecule has 2 amide bonds. The number of aryl methyl sites for hydroxylation is 1. The summed E-state index contributed by atoms with van der Waals surface area (Å²) in [4.78, 5) is 42.2. The number of furan rings is 1. The Hall–Kier alpha value is -4.52. The minimum Gasteiger partial charge on any atom is -0.459 e. The number of para-hydroxylation sites is 1. The van der Waals surface area contributed by atoms with Gasteiger partial charge in [-0.1, -0.05) is 48.0 Å². The molecular formula is C28H22N2O5. The molecule has 174 valence electrons. The van der Waals surface area contributed by atoms with Crippen LogP contribution in [-0.4, -0.2) is 29.4 Å². The second-order valence-corrected chi connectivity index (χ2v) is 8.34. The van der Waals surface area contributed by atoms with Gasteiger partial charge in [0.1, 0.15) is 0 Å². The summed E-state index contributed by atoms with van der Waals surface area (Å²) in [6.45, 7) is 1.45. The van der Waals surface area contributed by atoms with Crippen LogP contribution in [-0.2, 0) is 16.0 Å². The summed E-state index contributed by atoms with van der Waals surface area (Å²) in [5.74, 6) is -2.07. The number of amides is 2. The number of benzene rings is 2. The van der Waals surface area contributed by atoms with Crippen molar-refractivity contribution in [2.75, 3.05) is 6.61 Å². The molecule has 0 fully saturated rings. The van der Waals surface area contributed by atoms with Gasteiger partial charge < -0.3 is 9.15 Å². The van der Waals surface area contributed by atoms with E-state index in [0.29, 0.717) is 22.9 Å². The van der Waals surface area contributed by atoms with E-state index in [0.717, 1.165) is 28.8 Å². The SMILES string of the molecule is Cc1ccc(/C=C2\CCc3c2nc2ccccc2c3C(=O)OCC(=O)NC(=O)c2ccco2)cc1. The van der Waals surface area contributed by atoms with Crippen molar-refractivity contribution in [1.82, 2.24) is 10.3 Å². The highest BCUT2D eigenvalue weighted by Crippen LogP contribution is 2.37. The van der Waals surface area contributed by atoms with Crippen molar-refractivity contribution in [3.05, 3.63) is 101 Å². The predicted octanol–water partition coefficient (Wildman–Crippen LogP) is 4.74. The van der Waals surface area contributed by atoms with Gasteiger partial charge >= 0.3 is 5.97 Å². The molecule has 2 heterocycles. The molecule has 0 unspecified atom stereocenters. The Morgan fingerprint density at radius 2 is 1.83 bits per heavy atom. The lowest BCUT2D eigenvalue weighted by atomic mass is 10.0. The molecule has 1 N–H and O–H groups in total. The first-order valence-corrected chi connectivity index (χ1v) is 11.2. The summed E-state index contributed by atoms with van der Waals surface area (Å²) in [5.41, 5.74) is 5.95. The molecule has 0 radical (unpaired) electrons. The van der Waals surface area contributed by atoms with Gasteiger partial charge in [0.15, 0.2) is 12.4 Å². The fourth-order valence-corrected chi connectivity index (χ4v) is 4.21. The van der Waals surface area contributed by atoms with E-state index in [2.05, 4.69) is 35.7 Å². The van der Waals surface area contributed by atoms with Crippen molar-refractivity contribution in [1.29, 1.82) is 0 Å². The summed E-state index contributed by atoms with van der Waals surface area (Å²) in [6, 6.07) is 18.6. The molecule has 35 heavy (non-hydrogen) atoms. The number of rotatable bonds is 5. The molecule has 7 nitrogen and oxygen atoms in total. The predicted molar refractivity (Wildman–Crippen MR) is 131 cm³/mol. The van der Waals surface area contributed by atoms with Crippen molar-refractivity contribution < 1.29 is 23.5 Å². The van der Waals surface area contributed by atoms with Gasteiger partial charge in [0.25, 0.3) is 11.8 Å². The Kier molecular flexibility index (Phi) is 5.97. The van der Waals surface area contributed by atoms with E-state index in [9.17, 15) is 14.4 Å². The number of carbonyl (C=O) groups excluding carboxylic acids is 3. The number of hydrogen-bond donors (Lipinski definition) is 1. The quantitative estimate of drug-likeness (QED) is 0.427. The van der Waals surface area contributed by atoms with Crippen LogP contribution in [0.3, 0.4) is 0 Å². The molecule has 0 saturated carbocycles.